The SMILES string of the molecule is CN(Cc1cccc(NC2CCSCC2)c1)C(=O)OC(C)(C)C. The van der Waals surface area contributed by atoms with E-state index < -0.39 is 5.60 Å². The van der Waals surface area contributed by atoms with Gasteiger partial charge in [0.1, 0.15) is 5.60 Å². The zero-order valence-electron chi connectivity index (χ0n) is 14.6. The first kappa shape index (κ1) is 18.0. The first-order chi connectivity index (χ1) is 10.8. The minimum atomic E-state index is -0.465. The molecule has 1 heterocycles. The van der Waals surface area contributed by atoms with Crippen LogP contribution in [0.2, 0.25) is 0 Å². The lowest BCUT2D eigenvalue weighted by atomic mass is 10.1. The van der Waals surface area contributed by atoms with E-state index >= 15 is 0 Å². The van der Waals surface area contributed by atoms with E-state index in [2.05, 4.69) is 17.4 Å². The number of hydrogen-bond acceptors (Lipinski definition) is 4. The topological polar surface area (TPSA) is 41.6 Å². The van der Waals surface area contributed by atoms with Gasteiger partial charge >= 0.3 is 6.09 Å². The van der Waals surface area contributed by atoms with Crippen molar-refractivity contribution in [2.45, 2.75) is 51.8 Å². The van der Waals surface area contributed by atoms with E-state index in [-0.39, 0.29) is 6.09 Å². The van der Waals surface area contributed by atoms with Crippen molar-refractivity contribution < 1.29 is 9.53 Å². The zero-order valence-corrected chi connectivity index (χ0v) is 15.4. The third-order valence-electron chi connectivity index (χ3n) is 3.64. The lowest BCUT2D eigenvalue weighted by Crippen LogP contribution is -2.33. The summed E-state index contributed by atoms with van der Waals surface area (Å²) < 4.78 is 5.39. The number of hydrogen-bond donors (Lipinski definition) is 1. The molecule has 23 heavy (non-hydrogen) atoms. The highest BCUT2D eigenvalue weighted by Gasteiger charge is 2.20. The number of ether oxygens (including phenoxy) is 1. The summed E-state index contributed by atoms with van der Waals surface area (Å²) in [6, 6.07) is 8.87. The van der Waals surface area contributed by atoms with Crippen molar-refractivity contribution >= 4 is 23.5 Å². The molecule has 5 heteroatoms. The lowest BCUT2D eigenvalue weighted by Gasteiger charge is -2.25. The molecule has 1 amide bonds. The van der Waals surface area contributed by atoms with Gasteiger partial charge in [-0.2, -0.15) is 11.8 Å². The Kier molecular flexibility index (Phi) is 6.22. The summed E-state index contributed by atoms with van der Waals surface area (Å²) in [6.07, 6.45) is 2.14. The maximum atomic E-state index is 12.1. The monoisotopic (exact) mass is 336 g/mol. The highest BCUT2D eigenvalue weighted by atomic mass is 32.2. The fourth-order valence-electron chi connectivity index (χ4n) is 2.52. The van der Waals surface area contributed by atoms with E-state index in [1.807, 2.05) is 44.7 Å². The van der Waals surface area contributed by atoms with E-state index in [0.717, 1.165) is 11.3 Å². The standard InChI is InChI=1S/C18H28N2O2S/c1-18(2,3)22-17(21)20(4)13-14-6-5-7-16(12-14)19-15-8-10-23-11-9-15/h5-7,12,15,19H,8-11,13H2,1-4H3. The summed E-state index contributed by atoms with van der Waals surface area (Å²) in [5.74, 6) is 2.47. The van der Waals surface area contributed by atoms with Crippen molar-refractivity contribution in [3.8, 4) is 0 Å². The fourth-order valence-corrected chi connectivity index (χ4v) is 3.62. The van der Waals surface area contributed by atoms with Crippen molar-refractivity contribution in [2.24, 2.45) is 0 Å². The molecular weight excluding hydrogens is 308 g/mol. The summed E-state index contributed by atoms with van der Waals surface area (Å²) in [7, 11) is 1.77. The zero-order chi connectivity index (χ0) is 16.9. The molecule has 0 unspecified atom stereocenters. The molecule has 1 aliphatic rings. The number of carbonyl (C=O) groups is 1. The number of carbonyl (C=O) groups excluding carboxylic acids is 1. The molecule has 0 spiro atoms. The molecule has 4 nitrogen and oxygen atoms in total. The van der Waals surface area contributed by atoms with Crippen LogP contribution in [0.1, 0.15) is 39.2 Å². The molecule has 1 aromatic rings. The van der Waals surface area contributed by atoms with E-state index in [0.29, 0.717) is 12.6 Å². The van der Waals surface area contributed by atoms with E-state index in [1.54, 1.807) is 11.9 Å². The third-order valence-corrected chi connectivity index (χ3v) is 4.69. The first-order valence-corrected chi connectivity index (χ1v) is 9.36. The maximum absolute atomic E-state index is 12.1. The fraction of sp³-hybridized carbons (Fsp3) is 0.611. The van der Waals surface area contributed by atoms with Crippen LogP contribution in [0.5, 0.6) is 0 Å². The van der Waals surface area contributed by atoms with Gasteiger partial charge in [0.05, 0.1) is 0 Å². The predicted molar refractivity (Wildman–Crippen MR) is 98.1 cm³/mol. The largest absolute Gasteiger partial charge is 0.444 e. The average molecular weight is 337 g/mol. The van der Waals surface area contributed by atoms with Gasteiger partial charge in [-0.25, -0.2) is 4.79 Å². The Morgan fingerprint density at radius 3 is 2.70 bits per heavy atom. The summed E-state index contributed by atoms with van der Waals surface area (Å²) in [5, 5.41) is 3.61. The second-order valence-electron chi connectivity index (χ2n) is 7.07. The van der Waals surface area contributed by atoms with Crippen molar-refractivity contribution in [1.29, 1.82) is 0 Å². The summed E-state index contributed by atoms with van der Waals surface area (Å²) in [5.41, 5.74) is 1.78. The Morgan fingerprint density at radius 2 is 2.04 bits per heavy atom. The van der Waals surface area contributed by atoms with Gasteiger partial charge in [-0.1, -0.05) is 12.1 Å². The molecule has 1 saturated heterocycles. The van der Waals surface area contributed by atoms with Gasteiger partial charge in [-0.3, -0.25) is 0 Å². The molecule has 0 atom stereocenters. The minimum absolute atomic E-state index is 0.292. The van der Waals surface area contributed by atoms with Gasteiger partial charge < -0.3 is 15.0 Å². The van der Waals surface area contributed by atoms with Crippen LogP contribution in [0.15, 0.2) is 24.3 Å². The average Bonchev–Trinajstić information content (AvgIpc) is 2.47. The van der Waals surface area contributed by atoms with E-state index in [4.69, 9.17) is 4.74 Å². The Bertz CT molecular complexity index is 522. The maximum Gasteiger partial charge on any atom is 0.410 e. The number of nitrogens with one attached hydrogen (secondary N) is 1. The van der Waals surface area contributed by atoms with Crippen LogP contribution >= 0.6 is 11.8 Å². The molecule has 0 aromatic heterocycles. The van der Waals surface area contributed by atoms with Crippen LogP contribution in [-0.2, 0) is 11.3 Å². The second-order valence-corrected chi connectivity index (χ2v) is 8.29. The second kappa shape index (κ2) is 7.95. The Morgan fingerprint density at radius 1 is 1.35 bits per heavy atom. The Labute approximate surface area is 144 Å². The molecule has 0 bridgehead atoms. The molecule has 1 fully saturated rings. The van der Waals surface area contributed by atoms with Crippen molar-refractivity contribution in [3.63, 3.8) is 0 Å². The van der Waals surface area contributed by atoms with E-state index in [1.165, 1.54) is 24.3 Å². The molecule has 1 aromatic carbocycles. The van der Waals surface area contributed by atoms with Crippen LogP contribution in [0.4, 0.5) is 10.5 Å². The number of thioether (sulfide) groups is 1. The molecule has 128 valence electrons. The van der Waals surface area contributed by atoms with Crippen molar-refractivity contribution in [2.75, 3.05) is 23.9 Å². The van der Waals surface area contributed by atoms with Gasteiger partial charge in [0.25, 0.3) is 0 Å². The highest BCUT2D eigenvalue weighted by Crippen LogP contribution is 2.22. The van der Waals surface area contributed by atoms with Gasteiger partial charge in [0.15, 0.2) is 0 Å². The number of anilines is 1. The van der Waals surface area contributed by atoms with Gasteiger partial charge in [0, 0.05) is 25.3 Å². The quantitative estimate of drug-likeness (QED) is 0.887. The summed E-state index contributed by atoms with van der Waals surface area (Å²) >= 11 is 2.03. The van der Waals surface area contributed by atoms with Crippen LogP contribution < -0.4 is 5.32 Å². The van der Waals surface area contributed by atoms with Crippen molar-refractivity contribution in [3.05, 3.63) is 29.8 Å². The van der Waals surface area contributed by atoms with Gasteiger partial charge in [-0.05, 0) is 62.8 Å². The normalized spacial score (nSPS) is 16.0. The summed E-state index contributed by atoms with van der Waals surface area (Å²) in [4.78, 5) is 13.7. The molecule has 2 rings (SSSR count). The first-order valence-electron chi connectivity index (χ1n) is 8.21. The smallest absolute Gasteiger partial charge is 0.410 e. The van der Waals surface area contributed by atoms with Crippen molar-refractivity contribution in [1.82, 2.24) is 4.90 Å². The number of rotatable bonds is 4. The minimum Gasteiger partial charge on any atom is -0.444 e. The molecule has 0 aliphatic carbocycles. The Hall–Kier alpha value is -1.36. The molecule has 1 aliphatic heterocycles. The van der Waals surface area contributed by atoms with Crippen LogP contribution in [0.25, 0.3) is 0 Å². The van der Waals surface area contributed by atoms with Crippen LogP contribution in [-0.4, -0.2) is 41.2 Å². The number of amides is 1. The number of benzene rings is 1. The number of nitrogens with zero attached hydrogens (tertiary/aromatic N) is 1. The van der Waals surface area contributed by atoms with Crippen LogP contribution in [0, 0.1) is 0 Å². The molecule has 0 saturated carbocycles. The van der Waals surface area contributed by atoms with Crippen LogP contribution in [0.3, 0.4) is 0 Å². The third kappa shape index (κ3) is 6.34. The van der Waals surface area contributed by atoms with Gasteiger partial charge in [-0.15, -0.1) is 0 Å². The van der Waals surface area contributed by atoms with E-state index in [9.17, 15) is 4.79 Å². The molecule has 0 radical (unpaired) electrons. The summed E-state index contributed by atoms with van der Waals surface area (Å²) in [6.45, 7) is 6.19. The van der Waals surface area contributed by atoms with Gasteiger partial charge in [0.2, 0.25) is 0 Å². The Balaban J connectivity index is 1.92. The molecule has 1 N–H and O–H groups in total. The predicted octanol–water partition coefficient (Wildman–Crippen LogP) is 4.36. The molecular formula is C18H28N2O2S. The lowest BCUT2D eigenvalue weighted by molar-refractivity contribution is 0.0285. The highest BCUT2D eigenvalue weighted by molar-refractivity contribution is 7.99.